The second kappa shape index (κ2) is 8.75. The Balaban J connectivity index is 1.36. The Morgan fingerprint density at radius 2 is 1.12 bits per heavy atom. The van der Waals surface area contributed by atoms with Crippen molar-refractivity contribution in [3.8, 4) is 11.5 Å². The number of rotatable bonds is 4. The minimum Gasteiger partial charge on any atom is -0.506 e. The van der Waals surface area contributed by atoms with Crippen molar-refractivity contribution in [1.82, 2.24) is 9.97 Å². The highest BCUT2D eigenvalue weighted by Crippen LogP contribution is 2.26. The smallest absolute Gasteiger partial charge is 0.141 e. The first-order chi connectivity index (χ1) is 15.7. The van der Waals surface area contributed by atoms with Crippen molar-refractivity contribution >= 4 is 34.2 Å². The van der Waals surface area contributed by atoms with Crippen molar-refractivity contribution in [3.63, 3.8) is 0 Å². The number of hydrogen-bond donors (Lipinski definition) is 2. The first-order valence-corrected chi connectivity index (χ1v) is 10.9. The Labute approximate surface area is 186 Å². The van der Waals surface area contributed by atoms with Gasteiger partial charge < -0.3 is 10.2 Å². The van der Waals surface area contributed by atoms with Crippen molar-refractivity contribution in [3.05, 3.63) is 72.1 Å². The molecule has 0 spiro atoms. The maximum absolute atomic E-state index is 10.1. The molecule has 1 saturated carbocycles. The molecular weight excluding hydrogens is 400 g/mol. The molecule has 0 saturated heterocycles. The van der Waals surface area contributed by atoms with E-state index in [1.165, 1.54) is 0 Å². The molecule has 6 heteroatoms. The number of phenolic OH excluding ortho intramolecular Hbond substituents is 2. The van der Waals surface area contributed by atoms with Crippen molar-refractivity contribution < 1.29 is 10.2 Å². The normalized spacial score (nSPS) is 19.4. The third kappa shape index (κ3) is 4.17. The topological polar surface area (TPSA) is 91.0 Å². The van der Waals surface area contributed by atoms with Crippen LogP contribution in [0.4, 0.5) is 0 Å². The Morgan fingerprint density at radius 1 is 0.656 bits per heavy atom. The fraction of sp³-hybridized carbons (Fsp3) is 0.231. The minimum absolute atomic E-state index is 0.0794. The second-order valence-electron chi connectivity index (χ2n) is 8.15. The first-order valence-electron chi connectivity index (χ1n) is 10.9. The third-order valence-corrected chi connectivity index (χ3v) is 5.93. The molecule has 1 aliphatic carbocycles. The molecule has 0 bridgehead atoms. The van der Waals surface area contributed by atoms with Gasteiger partial charge in [-0.25, -0.2) is 9.97 Å². The number of pyridine rings is 2. The summed E-state index contributed by atoms with van der Waals surface area (Å²) >= 11 is 0. The number of aromatic hydroxyl groups is 2. The summed E-state index contributed by atoms with van der Waals surface area (Å²) in [6.45, 7) is 0. The van der Waals surface area contributed by atoms with Crippen LogP contribution >= 0.6 is 0 Å². The molecule has 2 aromatic heterocycles. The Morgan fingerprint density at radius 3 is 1.59 bits per heavy atom. The summed E-state index contributed by atoms with van der Waals surface area (Å²) in [6.07, 6.45) is 7.78. The zero-order chi connectivity index (χ0) is 21.9. The van der Waals surface area contributed by atoms with Crippen molar-refractivity contribution in [2.75, 3.05) is 0 Å². The van der Waals surface area contributed by atoms with E-state index >= 15 is 0 Å². The number of nitrogens with zero attached hydrogens (tertiary/aromatic N) is 4. The third-order valence-electron chi connectivity index (χ3n) is 5.93. The Bertz CT molecular complexity index is 1230. The molecule has 0 amide bonds. The molecule has 2 N–H and O–H groups in total. The van der Waals surface area contributed by atoms with Gasteiger partial charge in [0.05, 0.1) is 23.5 Å². The van der Waals surface area contributed by atoms with Crippen LogP contribution in [0.15, 0.2) is 70.6 Å². The van der Waals surface area contributed by atoms with Gasteiger partial charge in [0.25, 0.3) is 0 Å². The summed E-state index contributed by atoms with van der Waals surface area (Å²) in [7, 11) is 0. The zero-order valence-corrected chi connectivity index (χ0v) is 17.6. The molecule has 0 radical (unpaired) electrons. The van der Waals surface area contributed by atoms with E-state index in [4.69, 9.17) is 9.98 Å². The van der Waals surface area contributed by atoms with Gasteiger partial charge in [-0.1, -0.05) is 49.2 Å². The van der Waals surface area contributed by atoms with Gasteiger partial charge in [-0.15, -0.1) is 0 Å². The van der Waals surface area contributed by atoms with Gasteiger partial charge in [0.15, 0.2) is 0 Å². The zero-order valence-electron chi connectivity index (χ0n) is 17.6. The summed E-state index contributed by atoms with van der Waals surface area (Å²) < 4.78 is 0. The van der Waals surface area contributed by atoms with Gasteiger partial charge in [-0.3, -0.25) is 9.98 Å². The highest BCUT2D eigenvalue weighted by molar-refractivity contribution is 5.89. The van der Waals surface area contributed by atoms with Crippen LogP contribution in [0.3, 0.4) is 0 Å². The average molecular weight is 425 g/mol. The number of hydrogen-bond acceptors (Lipinski definition) is 6. The molecule has 4 aromatic rings. The van der Waals surface area contributed by atoms with Gasteiger partial charge in [0.2, 0.25) is 0 Å². The predicted molar refractivity (Wildman–Crippen MR) is 128 cm³/mol. The fourth-order valence-corrected chi connectivity index (χ4v) is 4.22. The van der Waals surface area contributed by atoms with E-state index in [2.05, 4.69) is 9.97 Å². The summed E-state index contributed by atoms with van der Waals surface area (Å²) in [5.41, 5.74) is 2.61. The molecule has 0 aliphatic heterocycles. The van der Waals surface area contributed by atoms with Gasteiger partial charge in [0.1, 0.15) is 22.5 Å². The number of phenols is 2. The summed E-state index contributed by atoms with van der Waals surface area (Å²) in [6, 6.07) is 18.6. The van der Waals surface area contributed by atoms with Crippen molar-refractivity contribution in [2.45, 2.75) is 37.8 Å². The summed E-state index contributed by atoms with van der Waals surface area (Å²) in [4.78, 5) is 18.7. The van der Waals surface area contributed by atoms with E-state index in [-0.39, 0.29) is 23.6 Å². The van der Waals surface area contributed by atoms with Crippen LogP contribution in [0, 0.1) is 0 Å². The van der Waals surface area contributed by atoms with E-state index in [0.717, 1.165) is 47.8 Å². The van der Waals surface area contributed by atoms with Crippen LogP contribution in [0.1, 0.15) is 37.1 Å². The lowest BCUT2D eigenvalue weighted by Crippen LogP contribution is -2.27. The molecule has 1 fully saturated rings. The van der Waals surface area contributed by atoms with Gasteiger partial charge in [-0.05, 0) is 37.1 Å². The van der Waals surface area contributed by atoms with Crippen LogP contribution < -0.4 is 0 Å². The van der Waals surface area contributed by atoms with E-state index in [0.29, 0.717) is 11.0 Å². The SMILES string of the molecule is Oc1cccc2ccc(C=N[C@@H]3CCCC[C@H]3N=Cc3ccc4cccc(O)c4n3)nc12. The number of aromatic nitrogens is 2. The van der Waals surface area contributed by atoms with Crippen molar-refractivity contribution in [2.24, 2.45) is 9.98 Å². The van der Waals surface area contributed by atoms with Crippen LogP contribution in [0.5, 0.6) is 11.5 Å². The molecule has 2 aromatic carbocycles. The van der Waals surface area contributed by atoms with Crippen molar-refractivity contribution in [1.29, 1.82) is 0 Å². The second-order valence-corrected chi connectivity index (χ2v) is 8.15. The number of benzene rings is 2. The molecule has 2 atom stereocenters. The van der Waals surface area contributed by atoms with Gasteiger partial charge in [-0.2, -0.15) is 0 Å². The van der Waals surface area contributed by atoms with Crippen LogP contribution in [0.2, 0.25) is 0 Å². The average Bonchev–Trinajstić information content (AvgIpc) is 2.83. The van der Waals surface area contributed by atoms with Gasteiger partial charge in [0, 0.05) is 23.2 Å². The number of para-hydroxylation sites is 2. The highest BCUT2D eigenvalue weighted by Gasteiger charge is 2.23. The molecule has 6 nitrogen and oxygen atoms in total. The summed E-state index contributed by atoms with van der Waals surface area (Å²) in [5.74, 6) is 0.346. The molecule has 1 aliphatic rings. The molecule has 2 heterocycles. The Kier molecular flexibility index (Phi) is 5.50. The minimum atomic E-state index is 0.0794. The monoisotopic (exact) mass is 424 g/mol. The lowest BCUT2D eigenvalue weighted by atomic mass is 9.91. The fourth-order valence-electron chi connectivity index (χ4n) is 4.22. The van der Waals surface area contributed by atoms with E-state index < -0.39 is 0 Å². The maximum Gasteiger partial charge on any atom is 0.141 e. The lowest BCUT2D eigenvalue weighted by molar-refractivity contribution is 0.390. The van der Waals surface area contributed by atoms with Crippen LogP contribution in [-0.4, -0.2) is 44.7 Å². The number of aliphatic imine (C=N–C) groups is 2. The largest absolute Gasteiger partial charge is 0.506 e. The van der Waals surface area contributed by atoms with E-state index in [1.54, 1.807) is 24.6 Å². The maximum atomic E-state index is 10.1. The predicted octanol–water partition coefficient (Wildman–Crippen LogP) is 5.04. The molecule has 0 unspecified atom stereocenters. The quantitative estimate of drug-likeness (QED) is 0.449. The van der Waals surface area contributed by atoms with Gasteiger partial charge >= 0.3 is 0 Å². The highest BCUT2D eigenvalue weighted by atomic mass is 16.3. The molecule has 5 rings (SSSR count). The molecular formula is C26H24N4O2. The standard InChI is InChI=1S/C26H24N4O2/c31-23-9-3-5-17-11-13-19(29-25(17)23)15-27-21-7-1-2-8-22(21)28-16-20-14-12-18-6-4-10-24(32)26(18)30-20/h3-6,9-16,21-22,31-32H,1-2,7-8H2/t21-,22-/m1/s1. The van der Waals surface area contributed by atoms with Crippen LogP contribution in [0.25, 0.3) is 21.8 Å². The van der Waals surface area contributed by atoms with E-state index in [9.17, 15) is 10.2 Å². The summed E-state index contributed by atoms with van der Waals surface area (Å²) in [5, 5.41) is 21.9. The first kappa shape index (κ1) is 20.1. The van der Waals surface area contributed by atoms with Crippen LogP contribution in [-0.2, 0) is 0 Å². The number of fused-ring (bicyclic) bond motifs is 2. The molecule has 32 heavy (non-hydrogen) atoms. The lowest BCUT2D eigenvalue weighted by Gasteiger charge is -2.25. The van der Waals surface area contributed by atoms with E-state index in [1.807, 2.05) is 48.5 Å². The molecule has 160 valence electrons. The Hall–Kier alpha value is -3.80.